The maximum atomic E-state index is 14.2. The third-order valence-electron chi connectivity index (χ3n) is 4.60. The minimum atomic E-state index is -0.574. The number of benzene rings is 2. The monoisotopic (exact) mass is 288 g/mol. The molecule has 1 aliphatic carbocycles. The Balaban J connectivity index is 2.10. The van der Waals surface area contributed by atoms with Gasteiger partial charge in [-0.3, -0.25) is 11.3 Å². The zero-order valence-electron chi connectivity index (χ0n) is 11.7. The molecule has 0 heterocycles. The van der Waals surface area contributed by atoms with Crippen molar-refractivity contribution in [2.24, 2.45) is 5.84 Å². The van der Waals surface area contributed by atoms with E-state index < -0.39 is 17.7 Å². The normalized spacial score (nSPS) is 18.0. The van der Waals surface area contributed by atoms with Gasteiger partial charge in [-0.05, 0) is 30.5 Å². The highest BCUT2D eigenvalue weighted by Gasteiger charge is 2.47. The van der Waals surface area contributed by atoms with Crippen LogP contribution in [0.3, 0.4) is 0 Å². The molecular weight excluding hydrogens is 270 g/mol. The molecule has 0 spiro atoms. The average Bonchev–Trinajstić information content (AvgIpc) is 2.45. The summed E-state index contributed by atoms with van der Waals surface area (Å²) in [6.45, 7) is 0. The van der Waals surface area contributed by atoms with Gasteiger partial charge in [-0.25, -0.2) is 8.78 Å². The molecule has 0 aromatic heterocycles. The Morgan fingerprint density at radius 2 is 1.57 bits per heavy atom. The van der Waals surface area contributed by atoms with Crippen molar-refractivity contribution in [3.63, 3.8) is 0 Å². The molecule has 2 nitrogen and oxygen atoms in total. The zero-order chi connectivity index (χ0) is 14.9. The lowest BCUT2D eigenvalue weighted by Gasteiger charge is -2.48. The summed E-state index contributed by atoms with van der Waals surface area (Å²) in [6.07, 6.45) is 2.75. The van der Waals surface area contributed by atoms with E-state index in [0.717, 1.165) is 24.8 Å². The molecule has 110 valence electrons. The summed E-state index contributed by atoms with van der Waals surface area (Å²) in [4.78, 5) is 0. The Kier molecular flexibility index (Phi) is 3.74. The number of hydrogen-bond donors (Lipinski definition) is 2. The van der Waals surface area contributed by atoms with Crippen molar-refractivity contribution < 1.29 is 8.78 Å². The van der Waals surface area contributed by atoms with E-state index in [0.29, 0.717) is 0 Å². The van der Waals surface area contributed by atoms with Crippen LogP contribution in [0, 0.1) is 11.6 Å². The van der Waals surface area contributed by atoms with Gasteiger partial charge in [-0.1, -0.05) is 42.8 Å². The molecule has 0 radical (unpaired) electrons. The number of nitrogens with two attached hydrogens (primary N) is 1. The quantitative estimate of drug-likeness (QED) is 0.666. The predicted molar refractivity (Wildman–Crippen MR) is 78.4 cm³/mol. The van der Waals surface area contributed by atoms with E-state index in [1.807, 2.05) is 30.3 Å². The van der Waals surface area contributed by atoms with E-state index in [1.165, 1.54) is 18.2 Å². The van der Waals surface area contributed by atoms with Crippen molar-refractivity contribution in [1.29, 1.82) is 0 Å². The van der Waals surface area contributed by atoms with E-state index in [4.69, 9.17) is 5.84 Å². The maximum Gasteiger partial charge on any atom is 0.131 e. The van der Waals surface area contributed by atoms with Gasteiger partial charge in [-0.15, -0.1) is 0 Å². The second kappa shape index (κ2) is 5.54. The van der Waals surface area contributed by atoms with Gasteiger partial charge in [-0.2, -0.15) is 0 Å². The van der Waals surface area contributed by atoms with Gasteiger partial charge >= 0.3 is 0 Å². The van der Waals surface area contributed by atoms with Crippen LogP contribution in [0.25, 0.3) is 0 Å². The lowest BCUT2D eigenvalue weighted by Crippen LogP contribution is -2.49. The van der Waals surface area contributed by atoms with Crippen LogP contribution in [0.4, 0.5) is 8.78 Å². The first-order chi connectivity index (χ1) is 10.2. The zero-order valence-corrected chi connectivity index (χ0v) is 11.7. The minimum absolute atomic E-state index is 0.0311. The highest BCUT2D eigenvalue weighted by atomic mass is 19.1. The Hall–Kier alpha value is -1.78. The van der Waals surface area contributed by atoms with E-state index in [2.05, 4.69) is 5.43 Å². The van der Waals surface area contributed by atoms with Crippen LogP contribution in [0.2, 0.25) is 0 Å². The summed E-state index contributed by atoms with van der Waals surface area (Å²) in [7, 11) is 0. The summed E-state index contributed by atoms with van der Waals surface area (Å²) in [5.41, 5.74) is 3.42. The van der Waals surface area contributed by atoms with Gasteiger partial charge in [0.15, 0.2) is 0 Å². The number of hydrazine groups is 1. The molecule has 1 saturated carbocycles. The van der Waals surface area contributed by atoms with Crippen molar-refractivity contribution in [2.75, 3.05) is 0 Å². The van der Waals surface area contributed by atoms with Gasteiger partial charge in [0.25, 0.3) is 0 Å². The van der Waals surface area contributed by atoms with Crippen molar-refractivity contribution in [3.05, 3.63) is 71.3 Å². The molecule has 21 heavy (non-hydrogen) atoms. The first-order valence-electron chi connectivity index (χ1n) is 7.14. The number of nitrogens with one attached hydrogen (secondary N) is 1. The second-order valence-electron chi connectivity index (χ2n) is 5.61. The summed E-state index contributed by atoms with van der Waals surface area (Å²) in [6, 6.07) is 13.2. The minimum Gasteiger partial charge on any atom is -0.271 e. The van der Waals surface area contributed by atoms with Crippen LogP contribution in [0.15, 0.2) is 48.5 Å². The van der Waals surface area contributed by atoms with Gasteiger partial charge < -0.3 is 0 Å². The molecule has 1 aliphatic rings. The van der Waals surface area contributed by atoms with Crippen LogP contribution in [-0.2, 0) is 5.41 Å². The van der Waals surface area contributed by atoms with Crippen molar-refractivity contribution >= 4 is 0 Å². The topological polar surface area (TPSA) is 38.0 Å². The first-order valence-corrected chi connectivity index (χ1v) is 7.14. The molecule has 4 heteroatoms. The molecule has 1 unspecified atom stereocenters. The molecule has 0 saturated heterocycles. The number of halogens is 2. The van der Waals surface area contributed by atoms with Crippen LogP contribution in [-0.4, -0.2) is 0 Å². The fraction of sp³-hybridized carbons (Fsp3) is 0.294. The summed E-state index contributed by atoms with van der Waals surface area (Å²) in [5, 5.41) is 0. The summed E-state index contributed by atoms with van der Waals surface area (Å²) >= 11 is 0. The highest BCUT2D eigenvalue weighted by molar-refractivity contribution is 5.36. The van der Waals surface area contributed by atoms with Gasteiger partial charge in [0, 0.05) is 11.0 Å². The molecule has 2 aromatic carbocycles. The van der Waals surface area contributed by atoms with Gasteiger partial charge in [0.05, 0.1) is 6.04 Å². The van der Waals surface area contributed by atoms with E-state index in [-0.39, 0.29) is 11.0 Å². The maximum absolute atomic E-state index is 14.2. The fourth-order valence-corrected chi connectivity index (χ4v) is 3.38. The molecule has 1 atom stereocenters. The smallest absolute Gasteiger partial charge is 0.131 e. The average molecular weight is 288 g/mol. The fourth-order valence-electron chi connectivity index (χ4n) is 3.38. The molecule has 3 N–H and O–H groups in total. The van der Waals surface area contributed by atoms with Crippen molar-refractivity contribution in [1.82, 2.24) is 5.43 Å². The summed E-state index contributed by atoms with van der Waals surface area (Å²) < 4.78 is 28.3. The Morgan fingerprint density at radius 1 is 0.952 bits per heavy atom. The van der Waals surface area contributed by atoms with E-state index in [1.54, 1.807) is 0 Å². The van der Waals surface area contributed by atoms with Crippen molar-refractivity contribution in [2.45, 2.75) is 30.7 Å². The molecule has 3 rings (SSSR count). The first kappa shape index (κ1) is 14.2. The lowest BCUT2D eigenvalue weighted by molar-refractivity contribution is 0.164. The van der Waals surface area contributed by atoms with Crippen molar-refractivity contribution in [3.8, 4) is 0 Å². The van der Waals surface area contributed by atoms with E-state index in [9.17, 15) is 8.78 Å². The third-order valence-corrected chi connectivity index (χ3v) is 4.60. The number of hydrogen-bond acceptors (Lipinski definition) is 2. The molecule has 0 amide bonds. The SMILES string of the molecule is NNC(c1c(F)cccc1F)C1(c2ccccc2)CCC1. The molecule has 0 bridgehead atoms. The van der Waals surface area contributed by atoms with E-state index >= 15 is 0 Å². The Morgan fingerprint density at radius 3 is 2.05 bits per heavy atom. The van der Waals surface area contributed by atoms with Crippen LogP contribution in [0.1, 0.15) is 36.4 Å². The molecule has 0 aliphatic heterocycles. The largest absolute Gasteiger partial charge is 0.271 e. The van der Waals surface area contributed by atoms with Crippen LogP contribution >= 0.6 is 0 Å². The Labute approximate surface area is 122 Å². The highest BCUT2D eigenvalue weighted by Crippen LogP contribution is 2.52. The lowest BCUT2D eigenvalue weighted by atomic mass is 9.59. The van der Waals surface area contributed by atoms with Gasteiger partial charge in [0.1, 0.15) is 11.6 Å². The molecule has 2 aromatic rings. The molecule has 1 fully saturated rings. The second-order valence-corrected chi connectivity index (χ2v) is 5.61. The standard InChI is InChI=1S/C17H18F2N2/c18-13-8-4-9-14(19)15(13)16(21-20)17(10-5-11-17)12-6-2-1-3-7-12/h1-4,6-9,16,21H,5,10-11,20H2. The van der Waals surface area contributed by atoms with Crippen LogP contribution < -0.4 is 11.3 Å². The third kappa shape index (κ3) is 2.24. The van der Waals surface area contributed by atoms with Gasteiger partial charge in [0.2, 0.25) is 0 Å². The van der Waals surface area contributed by atoms with Crippen LogP contribution in [0.5, 0.6) is 0 Å². The summed E-state index contributed by atoms with van der Waals surface area (Å²) in [5.74, 6) is 4.58. The number of rotatable bonds is 4. The molecular formula is C17H18F2N2. The Bertz CT molecular complexity index is 604. The predicted octanol–water partition coefficient (Wildman–Crippen LogP) is 3.59.